The molecule has 0 amide bonds. The van der Waals surface area contributed by atoms with Crippen LogP contribution in [0.5, 0.6) is 11.6 Å². The Hall–Kier alpha value is -1.06. The Morgan fingerprint density at radius 3 is 2.75 bits per heavy atom. The summed E-state index contributed by atoms with van der Waals surface area (Å²) >= 11 is 9.16. The van der Waals surface area contributed by atoms with Gasteiger partial charge in [0.15, 0.2) is 0 Å². The van der Waals surface area contributed by atoms with Crippen molar-refractivity contribution in [3.8, 4) is 11.6 Å². The number of rotatable bonds is 2. The molecule has 1 aromatic carbocycles. The van der Waals surface area contributed by atoms with Gasteiger partial charge in [-0.05, 0) is 52.7 Å². The molecule has 82 valence electrons. The summed E-state index contributed by atoms with van der Waals surface area (Å²) in [6, 6.07) is 11.0. The van der Waals surface area contributed by atoms with Gasteiger partial charge in [0.2, 0.25) is 5.88 Å². The maximum Gasteiger partial charge on any atom is 0.220 e. The lowest BCUT2D eigenvalue weighted by atomic mass is 10.2. The lowest BCUT2D eigenvalue weighted by molar-refractivity contribution is 0.458. The zero-order chi connectivity index (χ0) is 11.5. The summed E-state index contributed by atoms with van der Waals surface area (Å²) in [7, 11) is 0. The van der Waals surface area contributed by atoms with Crippen molar-refractivity contribution in [1.29, 1.82) is 0 Å². The van der Waals surface area contributed by atoms with Crippen LogP contribution in [0, 0.1) is 6.92 Å². The van der Waals surface area contributed by atoms with E-state index in [0.717, 1.165) is 15.9 Å². The van der Waals surface area contributed by atoms with Gasteiger partial charge < -0.3 is 4.74 Å². The highest BCUT2D eigenvalue weighted by Gasteiger charge is 2.03. The van der Waals surface area contributed by atoms with Gasteiger partial charge in [-0.2, -0.15) is 0 Å². The van der Waals surface area contributed by atoms with Crippen LogP contribution in [-0.4, -0.2) is 4.98 Å². The summed E-state index contributed by atoms with van der Waals surface area (Å²) in [6.45, 7) is 1.94. The standard InChI is InChI=1S/C12H9BrClNO/c1-8-7-9(14)5-6-10(8)16-12-4-2-3-11(13)15-12/h2-7H,1H3. The van der Waals surface area contributed by atoms with Crippen molar-refractivity contribution in [2.75, 3.05) is 0 Å². The second-order valence-electron chi connectivity index (χ2n) is 3.31. The molecule has 2 nitrogen and oxygen atoms in total. The second kappa shape index (κ2) is 4.85. The lowest BCUT2D eigenvalue weighted by Crippen LogP contribution is -1.90. The molecule has 0 bridgehead atoms. The molecule has 0 saturated heterocycles. The Bertz CT molecular complexity index is 516. The van der Waals surface area contributed by atoms with E-state index < -0.39 is 0 Å². The van der Waals surface area contributed by atoms with Crippen molar-refractivity contribution in [2.24, 2.45) is 0 Å². The van der Waals surface area contributed by atoms with E-state index in [9.17, 15) is 0 Å². The molecule has 0 saturated carbocycles. The highest BCUT2D eigenvalue weighted by Crippen LogP contribution is 2.26. The molecule has 16 heavy (non-hydrogen) atoms. The molecule has 1 aromatic heterocycles. The van der Waals surface area contributed by atoms with E-state index in [1.54, 1.807) is 12.1 Å². The fourth-order valence-corrected chi connectivity index (χ4v) is 1.84. The molecule has 0 spiro atoms. The predicted octanol–water partition coefficient (Wildman–Crippen LogP) is 4.60. The molecule has 0 aliphatic carbocycles. The number of halogens is 2. The van der Waals surface area contributed by atoms with Crippen LogP contribution in [0.4, 0.5) is 0 Å². The molecule has 1 heterocycles. The number of pyridine rings is 1. The maximum atomic E-state index is 5.87. The smallest absolute Gasteiger partial charge is 0.220 e. The fourth-order valence-electron chi connectivity index (χ4n) is 1.29. The van der Waals surface area contributed by atoms with Crippen LogP contribution in [0.3, 0.4) is 0 Å². The third kappa shape index (κ3) is 2.74. The Morgan fingerprint density at radius 1 is 1.25 bits per heavy atom. The molecule has 4 heteroatoms. The van der Waals surface area contributed by atoms with E-state index in [2.05, 4.69) is 20.9 Å². The van der Waals surface area contributed by atoms with Crippen molar-refractivity contribution >= 4 is 27.5 Å². The van der Waals surface area contributed by atoms with E-state index in [0.29, 0.717) is 10.9 Å². The van der Waals surface area contributed by atoms with Crippen LogP contribution in [-0.2, 0) is 0 Å². The van der Waals surface area contributed by atoms with Crippen molar-refractivity contribution in [2.45, 2.75) is 6.92 Å². The highest BCUT2D eigenvalue weighted by atomic mass is 79.9. The predicted molar refractivity (Wildman–Crippen MR) is 68.2 cm³/mol. The van der Waals surface area contributed by atoms with Crippen molar-refractivity contribution in [3.05, 3.63) is 51.6 Å². The lowest BCUT2D eigenvalue weighted by Gasteiger charge is -2.07. The molecule has 0 N–H and O–H groups in total. The monoisotopic (exact) mass is 297 g/mol. The van der Waals surface area contributed by atoms with Gasteiger partial charge in [-0.15, -0.1) is 0 Å². The first-order valence-electron chi connectivity index (χ1n) is 4.72. The second-order valence-corrected chi connectivity index (χ2v) is 4.56. The molecule has 2 aromatic rings. The Labute approximate surface area is 107 Å². The van der Waals surface area contributed by atoms with E-state index in [-0.39, 0.29) is 0 Å². The summed E-state index contributed by atoms with van der Waals surface area (Å²) in [4.78, 5) is 4.19. The highest BCUT2D eigenvalue weighted by molar-refractivity contribution is 9.10. The first kappa shape index (κ1) is 11.4. The van der Waals surface area contributed by atoms with Gasteiger partial charge in [0.25, 0.3) is 0 Å². The average Bonchev–Trinajstić information content (AvgIpc) is 2.22. The zero-order valence-electron chi connectivity index (χ0n) is 8.58. The van der Waals surface area contributed by atoms with Crippen LogP contribution in [0.15, 0.2) is 41.0 Å². The molecule has 0 radical (unpaired) electrons. The molecule has 0 aliphatic heterocycles. The minimum absolute atomic E-state index is 0.555. The number of aryl methyl sites for hydroxylation is 1. The quantitative estimate of drug-likeness (QED) is 0.756. The zero-order valence-corrected chi connectivity index (χ0v) is 10.9. The summed E-state index contributed by atoms with van der Waals surface area (Å²) in [5.74, 6) is 1.31. The van der Waals surface area contributed by atoms with Crippen molar-refractivity contribution < 1.29 is 4.74 Å². The summed E-state index contributed by atoms with van der Waals surface area (Å²) in [5, 5.41) is 0.701. The number of ether oxygens (including phenoxy) is 1. The molecular weight excluding hydrogens is 289 g/mol. The topological polar surface area (TPSA) is 22.1 Å². The summed E-state index contributed by atoms with van der Waals surface area (Å²) in [5.41, 5.74) is 0.981. The van der Waals surface area contributed by atoms with Crippen molar-refractivity contribution in [3.63, 3.8) is 0 Å². The van der Waals surface area contributed by atoms with Crippen molar-refractivity contribution in [1.82, 2.24) is 4.98 Å². The molecular formula is C12H9BrClNO. The Balaban J connectivity index is 2.27. The number of nitrogens with zero attached hydrogens (tertiary/aromatic N) is 1. The number of benzene rings is 1. The van der Waals surface area contributed by atoms with Gasteiger partial charge in [0.1, 0.15) is 10.4 Å². The molecule has 2 rings (SSSR count). The van der Waals surface area contributed by atoms with Crippen LogP contribution in [0.2, 0.25) is 5.02 Å². The largest absolute Gasteiger partial charge is 0.439 e. The SMILES string of the molecule is Cc1cc(Cl)ccc1Oc1cccc(Br)n1. The third-order valence-corrected chi connectivity index (χ3v) is 2.72. The van der Waals surface area contributed by atoms with E-state index >= 15 is 0 Å². The van der Waals surface area contributed by atoms with E-state index in [4.69, 9.17) is 16.3 Å². The Morgan fingerprint density at radius 2 is 2.06 bits per heavy atom. The molecule has 0 fully saturated rings. The number of hydrogen-bond acceptors (Lipinski definition) is 2. The summed E-state index contributed by atoms with van der Waals surface area (Å²) < 4.78 is 6.39. The van der Waals surface area contributed by atoms with Crippen LogP contribution in [0.1, 0.15) is 5.56 Å². The normalized spacial score (nSPS) is 10.2. The van der Waals surface area contributed by atoms with Crippen LogP contribution in [0.25, 0.3) is 0 Å². The number of hydrogen-bond donors (Lipinski definition) is 0. The number of aromatic nitrogens is 1. The van der Waals surface area contributed by atoms with Crippen LogP contribution < -0.4 is 4.74 Å². The Kier molecular flexibility index (Phi) is 3.46. The maximum absolute atomic E-state index is 5.87. The first-order valence-corrected chi connectivity index (χ1v) is 5.89. The van der Waals surface area contributed by atoms with Gasteiger partial charge in [-0.25, -0.2) is 4.98 Å². The molecule has 0 atom stereocenters. The minimum Gasteiger partial charge on any atom is -0.439 e. The van der Waals surface area contributed by atoms with E-state index in [1.807, 2.05) is 31.2 Å². The van der Waals surface area contributed by atoms with Gasteiger partial charge in [0.05, 0.1) is 0 Å². The van der Waals surface area contributed by atoms with Crippen LogP contribution >= 0.6 is 27.5 Å². The summed E-state index contributed by atoms with van der Waals surface area (Å²) in [6.07, 6.45) is 0. The van der Waals surface area contributed by atoms with Gasteiger partial charge in [-0.1, -0.05) is 17.7 Å². The van der Waals surface area contributed by atoms with Gasteiger partial charge in [0, 0.05) is 11.1 Å². The van der Waals surface area contributed by atoms with E-state index in [1.165, 1.54) is 0 Å². The van der Waals surface area contributed by atoms with Gasteiger partial charge in [-0.3, -0.25) is 0 Å². The molecule has 0 unspecified atom stereocenters. The first-order chi connectivity index (χ1) is 7.65. The van der Waals surface area contributed by atoms with Gasteiger partial charge >= 0.3 is 0 Å². The minimum atomic E-state index is 0.555. The fraction of sp³-hybridized carbons (Fsp3) is 0.0833. The average molecular weight is 299 g/mol. The third-order valence-electron chi connectivity index (χ3n) is 2.04. The molecule has 0 aliphatic rings.